The minimum Gasteiger partial charge on any atom is -0.454 e. The molecular weight excluding hydrogens is 565 g/mol. The van der Waals surface area contributed by atoms with Crippen LogP contribution in [0.15, 0.2) is 78.0 Å². The maximum absolute atomic E-state index is 14.2. The van der Waals surface area contributed by atoms with Crippen molar-refractivity contribution < 1.29 is 18.7 Å². The number of thioether (sulfide) groups is 1. The molecule has 0 aliphatic carbocycles. The Morgan fingerprint density at radius 3 is 2.56 bits per heavy atom. The van der Waals surface area contributed by atoms with Crippen LogP contribution in [0.4, 0.5) is 15.9 Å². The number of amides is 1. The smallest absolute Gasteiger partial charge is 0.251 e. The molecule has 6 rings (SSSR count). The molecule has 8 nitrogen and oxygen atoms in total. The van der Waals surface area contributed by atoms with Crippen molar-refractivity contribution in [2.45, 2.75) is 17.5 Å². The normalized spacial score (nSPS) is 14.3. The van der Waals surface area contributed by atoms with Crippen LogP contribution in [-0.2, 0) is 12.3 Å². The molecule has 210 valence electrons. The zero-order chi connectivity index (χ0) is 28.2. The lowest BCUT2D eigenvalue weighted by atomic mass is 10.1. The number of fused-ring (bicyclic) bond motifs is 1. The largest absolute Gasteiger partial charge is 0.454 e. The Labute approximate surface area is 246 Å². The SMILES string of the molecule is O=C(NCc1ccc2c(c1)OCO2)c1cccc(CSc2nc(Cl)cc(N3CCN(c4ccccc4F)CC3)n2)c1. The molecular formula is C30H27ClFN5O3S. The predicted molar refractivity (Wildman–Crippen MR) is 158 cm³/mol. The van der Waals surface area contributed by atoms with E-state index in [4.69, 9.17) is 26.1 Å². The number of ether oxygens (including phenoxy) is 2. The van der Waals surface area contributed by atoms with Gasteiger partial charge in [-0.15, -0.1) is 0 Å². The summed E-state index contributed by atoms with van der Waals surface area (Å²) in [7, 11) is 0. The number of hydrogen-bond donors (Lipinski definition) is 1. The zero-order valence-electron chi connectivity index (χ0n) is 22.1. The fourth-order valence-corrected chi connectivity index (χ4v) is 5.81. The third-order valence-corrected chi connectivity index (χ3v) is 8.02. The van der Waals surface area contributed by atoms with Gasteiger partial charge in [-0.1, -0.05) is 53.7 Å². The number of nitrogens with one attached hydrogen (secondary N) is 1. The summed E-state index contributed by atoms with van der Waals surface area (Å²) in [6.45, 7) is 3.32. The minimum absolute atomic E-state index is 0.162. The van der Waals surface area contributed by atoms with Crippen molar-refractivity contribution >= 4 is 40.8 Å². The Bertz CT molecular complexity index is 1570. The fraction of sp³-hybridized carbons (Fsp3) is 0.233. The number of halogens is 2. The van der Waals surface area contributed by atoms with E-state index in [0.29, 0.717) is 71.5 Å². The third kappa shape index (κ3) is 6.49. The van der Waals surface area contributed by atoms with Crippen LogP contribution in [-0.4, -0.2) is 48.8 Å². The summed E-state index contributed by atoms with van der Waals surface area (Å²) in [5.74, 6) is 2.35. The highest BCUT2D eigenvalue weighted by Gasteiger charge is 2.21. The summed E-state index contributed by atoms with van der Waals surface area (Å²) in [6, 6.07) is 21.7. The predicted octanol–water partition coefficient (Wildman–Crippen LogP) is 5.55. The van der Waals surface area contributed by atoms with Gasteiger partial charge in [0.25, 0.3) is 5.91 Å². The van der Waals surface area contributed by atoms with E-state index in [1.165, 1.54) is 17.8 Å². The van der Waals surface area contributed by atoms with Crippen molar-refractivity contribution in [3.8, 4) is 11.5 Å². The molecule has 1 aromatic heterocycles. The molecule has 1 fully saturated rings. The van der Waals surface area contributed by atoms with Gasteiger partial charge in [-0.2, -0.15) is 0 Å². The molecule has 1 saturated heterocycles. The second-order valence-electron chi connectivity index (χ2n) is 9.62. The number of benzene rings is 3. The van der Waals surface area contributed by atoms with Crippen LogP contribution in [0.5, 0.6) is 11.5 Å². The van der Waals surface area contributed by atoms with Crippen LogP contribution in [0.3, 0.4) is 0 Å². The minimum atomic E-state index is -0.212. The van der Waals surface area contributed by atoms with Gasteiger partial charge >= 0.3 is 0 Å². The van der Waals surface area contributed by atoms with Crippen LogP contribution in [0.1, 0.15) is 21.5 Å². The van der Waals surface area contributed by atoms with E-state index in [9.17, 15) is 9.18 Å². The van der Waals surface area contributed by atoms with Gasteiger partial charge in [0.1, 0.15) is 16.8 Å². The number of nitrogens with zero attached hydrogens (tertiary/aromatic N) is 4. The number of para-hydroxylation sites is 1. The average Bonchev–Trinajstić information content (AvgIpc) is 3.47. The number of hydrogen-bond acceptors (Lipinski definition) is 8. The van der Waals surface area contributed by atoms with Gasteiger partial charge in [0, 0.05) is 50.1 Å². The molecule has 0 bridgehead atoms. The monoisotopic (exact) mass is 591 g/mol. The van der Waals surface area contributed by atoms with Gasteiger partial charge in [0.2, 0.25) is 6.79 Å². The molecule has 1 amide bonds. The summed E-state index contributed by atoms with van der Waals surface area (Å²) < 4.78 is 25.0. The molecule has 0 atom stereocenters. The average molecular weight is 592 g/mol. The lowest BCUT2D eigenvalue weighted by molar-refractivity contribution is 0.0950. The Balaban J connectivity index is 1.05. The zero-order valence-corrected chi connectivity index (χ0v) is 23.6. The van der Waals surface area contributed by atoms with Crippen LogP contribution >= 0.6 is 23.4 Å². The molecule has 3 aromatic carbocycles. The van der Waals surface area contributed by atoms with Gasteiger partial charge < -0.3 is 24.6 Å². The first-order valence-corrected chi connectivity index (χ1v) is 14.6. The molecule has 0 radical (unpaired) electrons. The highest BCUT2D eigenvalue weighted by molar-refractivity contribution is 7.98. The molecule has 41 heavy (non-hydrogen) atoms. The first-order chi connectivity index (χ1) is 20.0. The van der Waals surface area contributed by atoms with E-state index in [2.05, 4.69) is 15.2 Å². The summed E-state index contributed by atoms with van der Waals surface area (Å²) >= 11 is 7.82. The molecule has 11 heteroatoms. The topological polar surface area (TPSA) is 79.8 Å². The molecule has 0 saturated carbocycles. The van der Waals surface area contributed by atoms with E-state index in [1.807, 2.05) is 47.4 Å². The summed E-state index contributed by atoms with van der Waals surface area (Å²) in [4.78, 5) is 26.1. The first kappa shape index (κ1) is 27.2. The molecule has 2 aliphatic rings. The molecule has 0 spiro atoms. The van der Waals surface area contributed by atoms with Crippen molar-refractivity contribution in [3.05, 3.63) is 100 Å². The summed E-state index contributed by atoms with van der Waals surface area (Å²) in [6.07, 6.45) is 0. The maximum Gasteiger partial charge on any atom is 0.251 e. The van der Waals surface area contributed by atoms with Crippen molar-refractivity contribution in [2.24, 2.45) is 0 Å². The van der Waals surface area contributed by atoms with E-state index in [0.717, 1.165) is 16.9 Å². The summed E-state index contributed by atoms with van der Waals surface area (Å²) in [5, 5.41) is 3.88. The number of anilines is 2. The van der Waals surface area contributed by atoms with Crippen LogP contribution < -0.4 is 24.6 Å². The Kier molecular flexibility index (Phi) is 8.11. The van der Waals surface area contributed by atoms with Gasteiger partial charge in [-0.05, 0) is 47.5 Å². The number of rotatable bonds is 8. The Hall–Kier alpha value is -4.02. The highest BCUT2D eigenvalue weighted by Crippen LogP contribution is 2.32. The maximum atomic E-state index is 14.2. The van der Waals surface area contributed by atoms with Crippen molar-refractivity contribution in [1.82, 2.24) is 15.3 Å². The molecule has 4 aromatic rings. The van der Waals surface area contributed by atoms with Crippen molar-refractivity contribution in [1.29, 1.82) is 0 Å². The summed E-state index contributed by atoms with van der Waals surface area (Å²) in [5.41, 5.74) is 3.09. The van der Waals surface area contributed by atoms with Crippen molar-refractivity contribution in [2.75, 3.05) is 42.8 Å². The standard InChI is InChI=1S/C30H27ClFN5O3S/c31-27-16-28(37-12-10-36(11-13-37)24-7-2-1-6-23(24)32)35-30(34-27)41-18-21-4-3-5-22(14-21)29(38)33-17-20-8-9-25-26(15-20)40-19-39-25/h1-9,14-16H,10-13,17-19H2,(H,33,38). The van der Waals surface area contributed by atoms with Gasteiger partial charge in [-0.3, -0.25) is 4.79 Å². The quantitative estimate of drug-likeness (QED) is 0.162. The van der Waals surface area contributed by atoms with E-state index in [1.54, 1.807) is 24.3 Å². The van der Waals surface area contributed by atoms with Gasteiger partial charge in [0.05, 0.1) is 5.69 Å². The molecule has 1 N–H and O–H groups in total. The Morgan fingerprint density at radius 2 is 1.71 bits per heavy atom. The second kappa shape index (κ2) is 12.2. The van der Waals surface area contributed by atoms with E-state index >= 15 is 0 Å². The highest BCUT2D eigenvalue weighted by atomic mass is 35.5. The van der Waals surface area contributed by atoms with Gasteiger partial charge in [-0.25, -0.2) is 14.4 Å². The molecule has 2 aliphatic heterocycles. The van der Waals surface area contributed by atoms with Crippen LogP contribution in [0.25, 0.3) is 0 Å². The van der Waals surface area contributed by atoms with E-state index < -0.39 is 0 Å². The van der Waals surface area contributed by atoms with Gasteiger partial charge in [0.15, 0.2) is 16.7 Å². The number of aromatic nitrogens is 2. The number of carbonyl (C=O) groups is 1. The first-order valence-electron chi connectivity index (χ1n) is 13.2. The number of piperazine rings is 1. The third-order valence-electron chi connectivity index (χ3n) is 6.90. The molecule has 0 unspecified atom stereocenters. The van der Waals surface area contributed by atoms with Crippen LogP contribution in [0, 0.1) is 5.82 Å². The lowest BCUT2D eigenvalue weighted by Gasteiger charge is -2.36. The number of carbonyl (C=O) groups excluding carboxylic acids is 1. The van der Waals surface area contributed by atoms with Crippen LogP contribution in [0.2, 0.25) is 5.15 Å². The second-order valence-corrected chi connectivity index (χ2v) is 10.9. The van der Waals surface area contributed by atoms with Crippen molar-refractivity contribution in [3.63, 3.8) is 0 Å². The van der Waals surface area contributed by atoms with E-state index in [-0.39, 0.29) is 18.5 Å². The fourth-order valence-electron chi connectivity index (χ4n) is 4.78. The lowest BCUT2D eigenvalue weighted by Crippen LogP contribution is -2.47. The Morgan fingerprint density at radius 1 is 0.902 bits per heavy atom. The molecule has 3 heterocycles.